The van der Waals surface area contributed by atoms with Gasteiger partial charge < -0.3 is 10.1 Å². The molecule has 0 aromatic heterocycles. The van der Waals surface area contributed by atoms with Crippen LogP contribution in [0, 0.1) is 0 Å². The van der Waals surface area contributed by atoms with Gasteiger partial charge in [-0.15, -0.1) is 0 Å². The number of hydrazine groups is 1. The molecule has 1 aromatic carbocycles. The Labute approximate surface area is 191 Å². The van der Waals surface area contributed by atoms with E-state index in [1.165, 1.54) is 28.6 Å². The summed E-state index contributed by atoms with van der Waals surface area (Å²) in [5.41, 5.74) is 1.28. The average molecular weight is 479 g/mol. The largest absolute Gasteiger partial charge is 0.452 e. The van der Waals surface area contributed by atoms with Crippen LogP contribution in [-0.2, 0) is 24.3 Å². The first kappa shape index (κ1) is 23.2. The monoisotopic (exact) mass is 478 g/mol. The fraction of sp³-hybridized carbons (Fsp3) is 0.524. The minimum Gasteiger partial charge on any atom is -0.452 e. The van der Waals surface area contributed by atoms with Gasteiger partial charge >= 0.3 is 12.0 Å². The summed E-state index contributed by atoms with van der Waals surface area (Å²) in [5.74, 6) is -2.19. The van der Waals surface area contributed by atoms with E-state index in [9.17, 15) is 27.6 Å². The summed E-state index contributed by atoms with van der Waals surface area (Å²) in [6.07, 6.45) is 5.27. The Bertz CT molecular complexity index is 1060. The molecule has 0 radical (unpaired) electrons. The van der Waals surface area contributed by atoms with Crippen molar-refractivity contribution in [1.29, 1.82) is 0 Å². The van der Waals surface area contributed by atoms with Crippen LogP contribution in [-0.4, -0.2) is 66.8 Å². The molecule has 1 aromatic rings. The van der Waals surface area contributed by atoms with Crippen LogP contribution in [0.4, 0.5) is 4.79 Å². The van der Waals surface area contributed by atoms with Crippen LogP contribution in [0.25, 0.3) is 0 Å². The van der Waals surface area contributed by atoms with Crippen LogP contribution in [0.15, 0.2) is 29.2 Å². The molecule has 2 N–H and O–H groups in total. The van der Waals surface area contributed by atoms with Crippen molar-refractivity contribution >= 4 is 33.8 Å². The van der Waals surface area contributed by atoms with E-state index in [1.807, 2.05) is 0 Å². The van der Waals surface area contributed by atoms with Crippen LogP contribution < -0.4 is 10.7 Å². The summed E-state index contributed by atoms with van der Waals surface area (Å²) in [4.78, 5) is 49.4. The number of carbonyl (C=O) groups excluding carboxylic acids is 4. The molecule has 0 unspecified atom stereocenters. The number of urea groups is 1. The number of sulfonamides is 1. The zero-order valence-electron chi connectivity index (χ0n) is 18.0. The van der Waals surface area contributed by atoms with Gasteiger partial charge in [0, 0.05) is 13.1 Å². The summed E-state index contributed by atoms with van der Waals surface area (Å²) in [6.45, 7) is 0.233. The highest BCUT2D eigenvalue weighted by atomic mass is 32.2. The van der Waals surface area contributed by atoms with Gasteiger partial charge in [-0.25, -0.2) is 18.0 Å². The molecule has 3 aliphatic rings. The van der Waals surface area contributed by atoms with Crippen molar-refractivity contribution in [3.8, 4) is 0 Å². The summed E-state index contributed by atoms with van der Waals surface area (Å²) in [6, 6.07) is 4.56. The molecule has 12 heteroatoms. The SMILES string of the molecule is O=C(COC(=O)c1ccc(S(=O)(=O)N2CCCC2)cc1)NN1C(=O)NC2(CCCCC2)C1=O. The molecule has 1 saturated carbocycles. The lowest BCUT2D eigenvalue weighted by Crippen LogP contribution is -2.51. The highest BCUT2D eigenvalue weighted by molar-refractivity contribution is 7.89. The second-order valence-electron chi connectivity index (χ2n) is 8.46. The van der Waals surface area contributed by atoms with Crippen LogP contribution >= 0.6 is 0 Å². The Hall–Kier alpha value is -2.99. The van der Waals surface area contributed by atoms with Gasteiger partial charge in [0.15, 0.2) is 6.61 Å². The lowest BCUT2D eigenvalue weighted by Gasteiger charge is -2.30. The van der Waals surface area contributed by atoms with Crippen molar-refractivity contribution in [1.82, 2.24) is 20.1 Å². The highest BCUT2D eigenvalue weighted by Gasteiger charge is 2.52. The molecule has 1 spiro atoms. The van der Waals surface area contributed by atoms with Crippen LogP contribution in [0.2, 0.25) is 0 Å². The maximum Gasteiger partial charge on any atom is 0.344 e. The van der Waals surface area contributed by atoms with Crippen molar-refractivity contribution in [2.24, 2.45) is 0 Å². The zero-order chi connectivity index (χ0) is 23.6. The lowest BCUT2D eigenvalue weighted by molar-refractivity contribution is -0.140. The maximum absolute atomic E-state index is 12.7. The van der Waals surface area contributed by atoms with Gasteiger partial charge in [0.25, 0.3) is 11.8 Å². The number of carbonyl (C=O) groups is 4. The minimum atomic E-state index is -3.60. The number of amides is 4. The van der Waals surface area contributed by atoms with Crippen molar-refractivity contribution in [3.63, 3.8) is 0 Å². The van der Waals surface area contributed by atoms with Crippen LogP contribution in [0.1, 0.15) is 55.3 Å². The van der Waals surface area contributed by atoms with E-state index in [0.29, 0.717) is 30.9 Å². The number of hydrogen-bond donors (Lipinski definition) is 2. The zero-order valence-corrected chi connectivity index (χ0v) is 18.9. The van der Waals surface area contributed by atoms with Crippen molar-refractivity contribution in [2.75, 3.05) is 19.7 Å². The number of benzene rings is 1. The van der Waals surface area contributed by atoms with Gasteiger partial charge in [0.2, 0.25) is 10.0 Å². The molecule has 2 aliphatic heterocycles. The third-order valence-corrected chi connectivity index (χ3v) is 8.15. The van der Waals surface area contributed by atoms with Crippen molar-refractivity contribution < 1.29 is 32.3 Å². The molecule has 0 bridgehead atoms. The van der Waals surface area contributed by atoms with Gasteiger partial charge in [-0.1, -0.05) is 19.3 Å². The molecular formula is C21H26N4O7S. The summed E-state index contributed by atoms with van der Waals surface area (Å²) in [5, 5.41) is 3.30. The van der Waals surface area contributed by atoms with Gasteiger partial charge in [-0.3, -0.25) is 15.0 Å². The van der Waals surface area contributed by atoms with E-state index < -0.39 is 46.0 Å². The van der Waals surface area contributed by atoms with E-state index in [-0.39, 0.29) is 10.5 Å². The van der Waals surface area contributed by atoms with Crippen molar-refractivity contribution in [3.05, 3.63) is 29.8 Å². The molecule has 4 amide bonds. The quantitative estimate of drug-likeness (QED) is 0.457. The number of imide groups is 1. The fourth-order valence-corrected chi connectivity index (χ4v) is 5.95. The molecule has 1 aliphatic carbocycles. The minimum absolute atomic E-state index is 0.0688. The van der Waals surface area contributed by atoms with Gasteiger partial charge in [0.1, 0.15) is 5.54 Å². The summed E-state index contributed by atoms with van der Waals surface area (Å²) in [7, 11) is -3.60. The molecule has 178 valence electrons. The van der Waals surface area contributed by atoms with Crippen LogP contribution in [0.3, 0.4) is 0 Å². The van der Waals surface area contributed by atoms with Crippen molar-refractivity contribution in [2.45, 2.75) is 55.4 Å². The van der Waals surface area contributed by atoms with E-state index >= 15 is 0 Å². The Morgan fingerprint density at radius 2 is 1.64 bits per heavy atom. The Kier molecular flexibility index (Phi) is 6.39. The number of rotatable bonds is 6. The third-order valence-electron chi connectivity index (χ3n) is 6.23. The summed E-state index contributed by atoms with van der Waals surface area (Å²) >= 11 is 0. The van der Waals surface area contributed by atoms with E-state index in [2.05, 4.69) is 10.7 Å². The topological polar surface area (TPSA) is 142 Å². The first-order valence-electron chi connectivity index (χ1n) is 11.0. The Balaban J connectivity index is 1.31. The van der Waals surface area contributed by atoms with E-state index in [0.717, 1.165) is 32.1 Å². The molecule has 0 atom stereocenters. The Morgan fingerprint density at radius 1 is 1.00 bits per heavy atom. The third kappa shape index (κ3) is 4.58. The number of nitrogens with one attached hydrogen (secondary N) is 2. The lowest BCUT2D eigenvalue weighted by atomic mass is 9.82. The summed E-state index contributed by atoms with van der Waals surface area (Å²) < 4.78 is 31.5. The number of esters is 1. The number of nitrogens with zero attached hydrogens (tertiary/aromatic N) is 2. The Morgan fingerprint density at radius 3 is 2.27 bits per heavy atom. The number of ether oxygens (including phenoxy) is 1. The standard InChI is InChI=1S/C21H26N4O7S/c26-17(23-25-19(28)21(22-20(25)29)10-2-1-3-11-21)14-32-18(27)15-6-8-16(9-7-15)33(30,31)24-12-4-5-13-24/h6-9H,1-5,10-14H2,(H,22,29)(H,23,26). The molecule has 4 rings (SSSR count). The first-order valence-corrected chi connectivity index (χ1v) is 12.4. The van der Waals surface area contributed by atoms with Crippen LogP contribution in [0.5, 0.6) is 0 Å². The first-order chi connectivity index (χ1) is 15.7. The highest BCUT2D eigenvalue weighted by Crippen LogP contribution is 2.33. The van der Waals surface area contributed by atoms with Gasteiger partial charge in [-0.05, 0) is 49.9 Å². The molecule has 2 saturated heterocycles. The van der Waals surface area contributed by atoms with Gasteiger partial charge in [-0.2, -0.15) is 9.31 Å². The second kappa shape index (κ2) is 9.10. The average Bonchev–Trinajstić information content (AvgIpc) is 3.43. The normalized spacial score (nSPS) is 20.7. The predicted octanol–water partition coefficient (Wildman–Crippen LogP) is 0.914. The predicted molar refractivity (Wildman–Crippen MR) is 114 cm³/mol. The maximum atomic E-state index is 12.7. The molecule has 11 nitrogen and oxygen atoms in total. The molecule has 3 fully saturated rings. The fourth-order valence-electron chi connectivity index (χ4n) is 4.43. The smallest absolute Gasteiger partial charge is 0.344 e. The number of hydrogen-bond acceptors (Lipinski definition) is 7. The van der Waals surface area contributed by atoms with E-state index in [4.69, 9.17) is 4.74 Å². The van der Waals surface area contributed by atoms with Gasteiger partial charge in [0.05, 0.1) is 10.5 Å². The molecule has 2 heterocycles. The molecule has 33 heavy (non-hydrogen) atoms. The molecular weight excluding hydrogens is 452 g/mol. The van der Waals surface area contributed by atoms with E-state index in [1.54, 1.807) is 0 Å². The second-order valence-corrected chi connectivity index (χ2v) is 10.4.